The minimum absolute atomic E-state index is 0.0126. The van der Waals surface area contributed by atoms with Crippen molar-refractivity contribution in [2.24, 2.45) is 0 Å². The third-order valence-electron chi connectivity index (χ3n) is 7.29. The van der Waals surface area contributed by atoms with Gasteiger partial charge in [-0.2, -0.15) is 0 Å². The predicted molar refractivity (Wildman–Crippen MR) is 144 cm³/mol. The Kier molecular flexibility index (Phi) is 7.55. The molecular weight excluding hydrogens is 469 g/mol. The fourth-order valence-corrected chi connectivity index (χ4v) is 5.41. The lowest BCUT2D eigenvalue weighted by molar-refractivity contribution is 0.232. The van der Waals surface area contributed by atoms with E-state index in [4.69, 9.17) is 4.74 Å². The summed E-state index contributed by atoms with van der Waals surface area (Å²) < 4.78 is 22.2. The van der Waals surface area contributed by atoms with Gasteiger partial charge in [0.15, 0.2) is 0 Å². The fraction of sp³-hybridized carbons (Fsp3) is 0.379. The second-order valence-corrected chi connectivity index (χ2v) is 9.68. The Morgan fingerprint density at radius 2 is 1.95 bits per heavy atom. The summed E-state index contributed by atoms with van der Waals surface area (Å²) in [4.78, 5) is 15.5. The number of carbonyl (C=O) groups is 1. The van der Waals surface area contributed by atoms with E-state index in [1.807, 2.05) is 55.0 Å². The van der Waals surface area contributed by atoms with Gasteiger partial charge in [-0.25, -0.2) is 13.9 Å². The van der Waals surface area contributed by atoms with Crippen molar-refractivity contribution in [3.8, 4) is 5.88 Å². The number of anilines is 1. The van der Waals surface area contributed by atoms with Crippen LogP contribution in [-0.2, 0) is 0 Å². The average molecular weight is 504 g/mol. The first kappa shape index (κ1) is 25.0. The van der Waals surface area contributed by atoms with Crippen molar-refractivity contribution in [3.05, 3.63) is 89.8 Å². The van der Waals surface area contributed by atoms with E-state index >= 15 is 0 Å². The topological polar surface area (TPSA) is 71.4 Å². The minimum Gasteiger partial charge on any atom is -0.477 e. The summed E-state index contributed by atoms with van der Waals surface area (Å²) in [5.74, 6) is 1.05. The molecule has 194 valence electrons. The Hall–Kier alpha value is -3.65. The molecule has 7 nitrogen and oxygen atoms in total. The molecule has 4 atom stereocenters. The molecule has 1 aromatic heterocycles. The van der Waals surface area contributed by atoms with Gasteiger partial charge in [-0.3, -0.25) is 10.2 Å². The van der Waals surface area contributed by atoms with Gasteiger partial charge in [0.2, 0.25) is 5.88 Å². The zero-order valence-corrected chi connectivity index (χ0v) is 21.3. The Bertz CT molecular complexity index is 1230. The number of halogens is 1. The van der Waals surface area contributed by atoms with E-state index in [0.29, 0.717) is 37.8 Å². The zero-order chi connectivity index (χ0) is 25.8. The number of likely N-dealkylation sites (tertiary alicyclic amines) is 1. The fourth-order valence-electron chi connectivity index (χ4n) is 5.41. The molecule has 5 rings (SSSR count). The number of hydrogen-bond acceptors (Lipinski definition) is 4. The predicted octanol–water partition coefficient (Wildman–Crippen LogP) is 5.42. The second-order valence-electron chi connectivity index (χ2n) is 9.68. The van der Waals surface area contributed by atoms with Crippen LogP contribution in [0.5, 0.6) is 5.88 Å². The maximum absolute atomic E-state index is 14.7. The molecule has 2 heterocycles. The van der Waals surface area contributed by atoms with Crippen molar-refractivity contribution in [3.63, 3.8) is 0 Å². The number of urea groups is 1. The van der Waals surface area contributed by atoms with Crippen LogP contribution in [0.4, 0.5) is 15.0 Å². The van der Waals surface area contributed by atoms with E-state index in [0.717, 1.165) is 17.5 Å². The molecule has 1 aromatic carbocycles. The smallest absolute Gasteiger partial charge is 0.320 e. The third-order valence-corrected chi connectivity index (χ3v) is 7.29. The lowest BCUT2D eigenvalue weighted by atomic mass is 9.94. The zero-order valence-electron chi connectivity index (χ0n) is 21.3. The summed E-state index contributed by atoms with van der Waals surface area (Å²) in [6.45, 7) is 5.53. The molecule has 2 N–H and O–H groups in total. The van der Waals surface area contributed by atoms with Gasteiger partial charge in [0.25, 0.3) is 0 Å². The first-order chi connectivity index (χ1) is 18.0. The molecule has 0 spiro atoms. The summed E-state index contributed by atoms with van der Waals surface area (Å²) in [5.41, 5.74) is 1.92. The molecule has 1 aliphatic heterocycles. The van der Waals surface area contributed by atoms with Crippen LogP contribution in [0.2, 0.25) is 0 Å². The van der Waals surface area contributed by atoms with Gasteiger partial charge >= 0.3 is 6.03 Å². The largest absolute Gasteiger partial charge is 0.477 e. The molecule has 8 heteroatoms. The van der Waals surface area contributed by atoms with Gasteiger partial charge in [0, 0.05) is 19.0 Å². The van der Waals surface area contributed by atoms with Crippen molar-refractivity contribution >= 4 is 11.8 Å². The highest BCUT2D eigenvalue weighted by Gasteiger charge is 2.39. The number of aromatic nitrogens is 2. The van der Waals surface area contributed by atoms with E-state index in [2.05, 4.69) is 44.9 Å². The monoisotopic (exact) mass is 503 g/mol. The highest BCUT2D eigenvalue weighted by Crippen LogP contribution is 2.34. The van der Waals surface area contributed by atoms with Crippen LogP contribution in [0.15, 0.2) is 78.7 Å². The average Bonchev–Trinajstić information content (AvgIpc) is 3.47. The number of amides is 2. The summed E-state index contributed by atoms with van der Waals surface area (Å²) in [7, 11) is 0. The molecule has 2 unspecified atom stereocenters. The normalized spacial score (nSPS) is 25.2. The molecule has 0 saturated carbocycles. The molecule has 1 fully saturated rings. The third kappa shape index (κ3) is 5.39. The summed E-state index contributed by atoms with van der Waals surface area (Å²) in [5, 5.41) is 10.9. The standard InChI is InChI=1S/C29H34FN5O2/c1-3-37-28-20(2)27(35(33-28)22-14-8-5-9-15-22)32-29(36)31-25-19-34(26-17-11-10-16-24(26)30)18-23(25)21-12-6-4-7-13-21/h4-14,16,22-23,25-26H,3,15,17-19H2,1-2H3,(H2,31,32,36)/t22?,23-,25+,26?/m0/s1. The summed E-state index contributed by atoms with van der Waals surface area (Å²) in [6, 6.07) is 9.33. The minimum atomic E-state index is -0.310. The number of nitrogens with zero attached hydrogens (tertiary/aromatic N) is 3. The van der Waals surface area contributed by atoms with Gasteiger partial charge in [0.1, 0.15) is 11.6 Å². The van der Waals surface area contributed by atoms with Crippen LogP contribution in [0, 0.1) is 6.92 Å². The van der Waals surface area contributed by atoms with E-state index in [9.17, 15) is 9.18 Å². The molecule has 0 bridgehead atoms. The van der Waals surface area contributed by atoms with Crippen molar-refractivity contribution in [2.45, 2.75) is 50.7 Å². The van der Waals surface area contributed by atoms with E-state index in [1.165, 1.54) is 6.08 Å². The number of nitrogens with one attached hydrogen (secondary N) is 2. The summed E-state index contributed by atoms with van der Waals surface area (Å²) in [6.07, 6.45) is 14.8. The molecule has 37 heavy (non-hydrogen) atoms. The van der Waals surface area contributed by atoms with Crippen molar-refractivity contribution in [2.75, 3.05) is 25.0 Å². The number of rotatable bonds is 7. The second kappa shape index (κ2) is 11.2. The summed E-state index contributed by atoms with van der Waals surface area (Å²) >= 11 is 0. The number of carbonyl (C=O) groups excluding carboxylic acids is 1. The van der Waals surface area contributed by atoms with Crippen molar-refractivity contribution < 1.29 is 13.9 Å². The number of hydrogen-bond donors (Lipinski definition) is 2. The number of ether oxygens (including phenoxy) is 1. The van der Waals surface area contributed by atoms with Crippen LogP contribution in [0.3, 0.4) is 0 Å². The SMILES string of the molecule is CCOc1nn(C2C=CC=CC2)c(NC(=O)N[C@@H]2CN(C3CC=CC=C3F)C[C@H]2c2ccccc2)c1C. The van der Waals surface area contributed by atoms with Crippen molar-refractivity contribution in [1.29, 1.82) is 0 Å². The number of benzene rings is 1. The molecule has 0 radical (unpaired) electrons. The van der Waals surface area contributed by atoms with Crippen LogP contribution in [0.1, 0.15) is 42.9 Å². The van der Waals surface area contributed by atoms with Gasteiger partial charge in [-0.1, -0.05) is 66.8 Å². The van der Waals surface area contributed by atoms with Gasteiger partial charge in [-0.15, -0.1) is 5.10 Å². The molecule has 2 aromatic rings. The Morgan fingerprint density at radius 3 is 2.68 bits per heavy atom. The quantitative estimate of drug-likeness (QED) is 0.529. The first-order valence-corrected chi connectivity index (χ1v) is 13.0. The van der Waals surface area contributed by atoms with E-state index in [-0.39, 0.29) is 35.9 Å². The van der Waals surface area contributed by atoms with Crippen LogP contribution in [0.25, 0.3) is 0 Å². The molecule has 2 amide bonds. The van der Waals surface area contributed by atoms with E-state index in [1.54, 1.807) is 6.08 Å². The van der Waals surface area contributed by atoms with E-state index < -0.39 is 0 Å². The lowest BCUT2D eigenvalue weighted by Gasteiger charge is -2.27. The highest BCUT2D eigenvalue weighted by molar-refractivity contribution is 5.89. The van der Waals surface area contributed by atoms with Crippen LogP contribution in [-0.4, -0.2) is 52.5 Å². The molecule has 2 aliphatic carbocycles. The molecular formula is C29H34FN5O2. The Morgan fingerprint density at radius 1 is 1.14 bits per heavy atom. The van der Waals surface area contributed by atoms with Gasteiger partial charge in [0.05, 0.1) is 30.3 Å². The van der Waals surface area contributed by atoms with Crippen molar-refractivity contribution in [1.82, 2.24) is 20.0 Å². The Balaban J connectivity index is 1.36. The Labute approximate surface area is 217 Å². The molecule has 3 aliphatic rings. The van der Waals surface area contributed by atoms with Gasteiger partial charge < -0.3 is 10.1 Å². The highest BCUT2D eigenvalue weighted by atomic mass is 19.1. The van der Waals surface area contributed by atoms with Crippen LogP contribution >= 0.6 is 0 Å². The molecule has 1 saturated heterocycles. The van der Waals surface area contributed by atoms with Gasteiger partial charge in [-0.05, 0) is 38.3 Å². The first-order valence-electron chi connectivity index (χ1n) is 13.0. The number of allylic oxidation sites excluding steroid dienone is 6. The maximum atomic E-state index is 14.7. The lowest BCUT2D eigenvalue weighted by Crippen LogP contribution is -2.43. The maximum Gasteiger partial charge on any atom is 0.320 e. The van der Waals surface area contributed by atoms with Crippen LogP contribution < -0.4 is 15.4 Å².